The van der Waals surface area contributed by atoms with Crippen molar-refractivity contribution in [1.82, 2.24) is 4.90 Å². The molecule has 6 heteroatoms. The van der Waals surface area contributed by atoms with E-state index in [1.54, 1.807) is 0 Å². The SMILES string of the molecule is Cc1ccc(S(=O)C(Cl)C[C@H](C(=O)OC(C)(C)C)N(Cc2ccccc2)Cc2ccccc2)cc1. The Morgan fingerprint density at radius 2 is 1.37 bits per heavy atom. The molecule has 0 aliphatic carbocycles. The Kier molecular flexibility index (Phi) is 9.67. The quantitative estimate of drug-likeness (QED) is 0.231. The van der Waals surface area contributed by atoms with E-state index in [9.17, 15) is 9.00 Å². The molecule has 2 unspecified atom stereocenters. The summed E-state index contributed by atoms with van der Waals surface area (Å²) in [5.41, 5.74) is 2.57. The first-order chi connectivity index (χ1) is 16.6. The average molecular weight is 512 g/mol. The number of carbonyl (C=O) groups is 1. The van der Waals surface area contributed by atoms with Crippen molar-refractivity contribution in [2.75, 3.05) is 0 Å². The number of rotatable bonds is 10. The molecule has 3 aromatic rings. The zero-order valence-electron chi connectivity index (χ0n) is 20.8. The number of nitrogens with zero attached hydrogens (tertiary/aromatic N) is 1. The van der Waals surface area contributed by atoms with Crippen LogP contribution in [0.25, 0.3) is 0 Å². The van der Waals surface area contributed by atoms with E-state index in [2.05, 4.69) is 4.90 Å². The summed E-state index contributed by atoms with van der Waals surface area (Å²) in [5, 5.41) is 0. The number of benzene rings is 3. The van der Waals surface area contributed by atoms with Gasteiger partial charge in [-0.1, -0.05) is 78.4 Å². The smallest absolute Gasteiger partial charge is 0.323 e. The van der Waals surface area contributed by atoms with Crippen molar-refractivity contribution in [3.05, 3.63) is 102 Å². The highest BCUT2D eigenvalue weighted by molar-refractivity contribution is 7.87. The van der Waals surface area contributed by atoms with Crippen LogP contribution in [0.15, 0.2) is 89.8 Å². The number of hydrogen-bond donors (Lipinski definition) is 0. The minimum atomic E-state index is -1.48. The lowest BCUT2D eigenvalue weighted by Gasteiger charge is -2.33. The maximum atomic E-state index is 13.5. The number of hydrogen-bond acceptors (Lipinski definition) is 4. The van der Waals surface area contributed by atoms with Gasteiger partial charge in [0.1, 0.15) is 16.4 Å². The molecule has 35 heavy (non-hydrogen) atoms. The van der Waals surface area contributed by atoms with Gasteiger partial charge in [0.15, 0.2) is 0 Å². The zero-order chi connectivity index (χ0) is 25.4. The van der Waals surface area contributed by atoms with E-state index in [0.717, 1.165) is 16.7 Å². The van der Waals surface area contributed by atoms with E-state index in [4.69, 9.17) is 16.3 Å². The molecule has 0 aromatic heterocycles. The van der Waals surface area contributed by atoms with Crippen LogP contribution < -0.4 is 0 Å². The fourth-order valence-corrected chi connectivity index (χ4v) is 5.29. The highest BCUT2D eigenvalue weighted by Gasteiger charge is 2.34. The summed E-state index contributed by atoms with van der Waals surface area (Å²) >= 11 is 6.73. The minimum absolute atomic E-state index is 0.191. The van der Waals surface area contributed by atoms with Crippen molar-refractivity contribution in [2.45, 2.75) is 68.5 Å². The van der Waals surface area contributed by atoms with Gasteiger partial charge in [0.2, 0.25) is 0 Å². The molecule has 0 spiro atoms. The highest BCUT2D eigenvalue weighted by atomic mass is 35.5. The fraction of sp³-hybridized carbons (Fsp3) is 0.345. The van der Waals surface area contributed by atoms with Crippen LogP contribution >= 0.6 is 11.6 Å². The van der Waals surface area contributed by atoms with Gasteiger partial charge in [0.05, 0.1) is 10.8 Å². The summed E-state index contributed by atoms with van der Waals surface area (Å²) in [6.07, 6.45) is 0.191. The second-order valence-electron chi connectivity index (χ2n) is 9.68. The number of aryl methyl sites for hydroxylation is 1. The van der Waals surface area contributed by atoms with Crippen LogP contribution in [-0.4, -0.2) is 31.4 Å². The molecule has 0 bridgehead atoms. The molecule has 0 fully saturated rings. The molecular weight excluding hydrogens is 478 g/mol. The standard InChI is InChI=1S/C29H34ClNO3S/c1-22-15-17-25(18-16-22)35(33)27(30)19-26(28(32)34-29(2,3)4)31(20-23-11-7-5-8-12-23)21-24-13-9-6-10-14-24/h5-18,26-27H,19-21H2,1-4H3/t26-,27?,35?/m1/s1. The Labute approximate surface area is 216 Å². The number of alkyl halides is 1. The van der Waals surface area contributed by atoms with E-state index < -0.39 is 27.2 Å². The van der Waals surface area contributed by atoms with Gasteiger partial charge in [0.25, 0.3) is 0 Å². The molecule has 0 aliphatic rings. The van der Waals surface area contributed by atoms with Crippen molar-refractivity contribution in [1.29, 1.82) is 0 Å². The first-order valence-electron chi connectivity index (χ1n) is 11.8. The van der Waals surface area contributed by atoms with Crippen LogP contribution in [-0.2, 0) is 33.4 Å². The summed E-state index contributed by atoms with van der Waals surface area (Å²) < 4.78 is 18.3. The molecule has 186 valence electrons. The van der Waals surface area contributed by atoms with Crippen molar-refractivity contribution >= 4 is 28.4 Å². The molecule has 3 atom stereocenters. The number of ether oxygens (including phenoxy) is 1. The Morgan fingerprint density at radius 3 is 1.83 bits per heavy atom. The van der Waals surface area contributed by atoms with E-state index in [1.807, 2.05) is 113 Å². The first-order valence-corrected chi connectivity index (χ1v) is 13.4. The van der Waals surface area contributed by atoms with E-state index in [0.29, 0.717) is 18.0 Å². The lowest BCUT2D eigenvalue weighted by molar-refractivity contribution is -0.162. The molecule has 3 rings (SSSR count). The molecule has 0 N–H and O–H groups in total. The molecule has 0 aliphatic heterocycles. The Bertz CT molecular complexity index is 1060. The fourth-order valence-electron chi connectivity index (χ4n) is 3.76. The molecule has 0 saturated carbocycles. The van der Waals surface area contributed by atoms with Gasteiger partial charge in [0, 0.05) is 24.4 Å². The third-order valence-electron chi connectivity index (χ3n) is 5.47. The lowest BCUT2D eigenvalue weighted by atomic mass is 10.1. The molecule has 0 amide bonds. The van der Waals surface area contributed by atoms with Crippen molar-refractivity contribution in [3.63, 3.8) is 0 Å². The average Bonchev–Trinajstić information content (AvgIpc) is 2.82. The van der Waals surface area contributed by atoms with Crippen molar-refractivity contribution in [3.8, 4) is 0 Å². The Morgan fingerprint density at radius 1 is 0.886 bits per heavy atom. The molecule has 4 nitrogen and oxygen atoms in total. The second-order valence-corrected chi connectivity index (χ2v) is 12.1. The number of halogens is 1. The Hall–Kier alpha value is -2.47. The zero-order valence-corrected chi connectivity index (χ0v) is 22.4. The monoisotopic (exact) mass is 511 g/mol. The van der Waals surface area contributed by atoms with Gasteiger partial charge in [-0.25, -0.2) is 0 Å². The van der Waals surface area contributed by atoms with Gasteiger partial charge in [-0.3, -0.25) is 13.9 Å². The van der Waals surface area contributed by atoms with Crippen LogP contribution in [0, 0.1) is 6.92 Å². The van der Waals surface area contributed by atoms with E-state index >= 15 is 0 Å². The van der Waals surface area contributed by atoms with E-state index in [1.165, 1.54) is 0 Å². The van der Waals surface area contributed by atoms with Crippen LogP contribution in [0.4, 0.5) is 0 Å². The van der Waals surface area contributed by atoms with Gasteiger partial charge < -0.3 is 4.74 Å². The van der Waals surface area contributed by atoms with Crippen LogP contribution in [0.2, 0.25) is 0 Å². The maximum Gasteiger partial charge on any atom is 0.323 e. The van der Waals surface area contributed by atoms with Crippen LogP contribution in [0.5, 0.6) is 0 Å². The second kappa shape index (κ2) is 12.5. The third kappa shape index (κ3) is 8.60. The Balaban J connectivity index is 1.92. The molecular formula is C29H34ClNO3S. The summed E-state index contributed by atoms with van der Waals surface area (Å²) in [6.45, 7) is 8.59. The predicted octanol–water partition coefficient (Wildman–Crippen LogP) is 6.47. The molecule has 0 saturated heterocycles. The minimum Gasteiger partial charge on any atom is -0.459 e. The van der Waals surface area contributed by atoms with Crippen LogP contribution in [0.3, 0.4) is 0 Å². The van der Waals surface area contributed by atoms with Crippen molar-refractivity contribution in [2.24, 2.45) is 0 Å². The largest absolute Gasteiger partial charge is 0.459 e. The highest BCUT2D eigenvalue weighted by Crippen LogP contribution is 2.25. The lowest BCUT2D eigenvalue weighted by Crippen LogP contribution is -2.45. The maximum absolute atomic E-state index is 13.5. The summed E-state index contributed by atoms with van der Waals surface area (Å²) in [6, 6.07) is 26.8. The van der Waals surface area contributed by atoms with E-state index in [-0.39, 0.29) is 12.4 Å². The summed E-state index contributed by atoms with van der Waals surface area (Å²) in [5.74, 6) is -0.365. The molecule has 0 heterocycles. The normalized spacial score (nSPS) is 14.3. The third-order valence-corrected chi connectivity index (χ3v) is 7.53. The van der Waals surface area contributed by atoms with Gasteiger partial charge >= 0.3 is 5.97 Å². The predicted molar refractivity (Wildman–Crippen MR) is 144 cm³/mol. The van der Waals surface area contributed by atoms with Gasteiger partial charge in [-0.2, -0.15) is 0 Å². The number of carbonyl (C=O) groups excluding carboxylic acids is 1. The molecule has 3 aromatic carbocycles. The summed E-state index contributed by atoms with van der Waals surface area (Å²) in [4.78, 5) is 16.2. The van der Waals surface area contributed by atoms with Gasteiger partial charge in [-0.15, -0.1) is 11.6 Å². The molecule has 0 radical (unpaired) electrons. The van der Waals surface area contributed by atoms with Crippen molar-refractivity contribution < 1.29 is 13.7 Å². The first kappa shape index (κ1) is 27.1. The number of esters is 1. The topological polar surface area (TPSA) is 46.6 Å². The van der Waals surface area contributed by atoms with Gasteiger partial charge in [-0.05, 0) is 51.0 Å². The summed E-state index contributed by atoms with van der Waals surface area (Å²) in [7, 11) is -1.48. The van der Waals surface area contributed by atoms with Crippen LogP contribution in [0.1, 0.15) is 43.9 Å².